The van der Waals surface area contributed by atoms with Crippen LogP contribution >= 0.6 is 0 Å². The Bertz CT molecular complexity index is 2890. The lowest BCUT2D eigenvalue weighted by Crippen LogP contribution is -2.57. The molecule has 75 heavy (non-hydrogen) atoms. The molecule has 6 N–H and O–H groups in total. The van der Waals surface area contributed by atoms with Crippen molar-refractivity contribution in [1.29, 1.82) is 0 Å². The minimum atomic E-state index is -2.06. The van der Waals surface area contributed by atoms with Crippen LogP contribution in [-0.4, -0.2) is 109 Å². The van der Waals surface area contributed by atoms with E-state index in [9.17, 15) is 48.3 Å². The number of hydrogen-bond donors (Lipinski definition) is 5. The van der Waals surface area contributed by atoms with Crippen molar-refractivity contribution in [3.63, 3.8) is 0 Å². The largest absolute Gasteiger partial charge is 0.458 e. The minimum absolute atomic E-state index is 0.0486. The molecule has 7 rings (SSSR count). The third-order valence-corrected chi connectivity index (χ3v) is 14.5. The number of alkyl carbamates (subject to hydrolysis) is 1. The summed E-state index contributed by atoms with van der Waals surface area (Å²) >= 11 is 0. The number of rotatable bonds is 22. The molecule has 0 saturated heterocycles. The van der Waals surface area contributed by atoms with Crippen LogP contribution in [0.3, 0.4) is 0 Å². The third kappa shape index (κ3) is 11.9. The van der Waals surface area contributed by atoms with Crippen LogP contribution in [0.4, 0.5) is 9.18 Å². The molecular weight excluding hydrogens is 972 g/mol. The molecule has 4 aliphatic rings. The Morgan fingerprint density at radius 1 is 0.973 bits per heavy atom. The zero-order valence-electron chi connectivity index (χ0n) is 43.8. The van der Waals surface area contributed by atoms with Crippen molar-refractivity contribution in [2.24, 2.45) is 11.7 Å². The fraction of sp³-hybridized carbons (Fsp3) is 0.556. The van der Waals surface area contributed by atoms with E-state index in [-0.39, 0.29) is 87.8 Å². The summed E-state index contributed by atoms with van der Waals surface area (Å²) in [6.07, 6.45) is 4.86. The van der Waals surface area contributed by atoms with Gasteiger partial charge < -0.3 is 45.7 Å². The number of ether oxygens (including phenoxy) is 2. The van der Waals surface area contributed by atoms with E-state index in [1.807, 2.05) is 0 Å². The number of fused-ring (bicyclic) bond motifs is 5. The molecule has 0 radical (unpaired) electrons. The van der Waals surface area contributed by atoms with Crippen LogP contribution < -0.4 is 27.2 Å². The topological polar surface area (TPSA) is 279 Å². The smallest absolute Gasteiger partial charge is 0.407 e. The van der Waals surface area contributed by atoms with Crippen LogP contribution in [0.5, 0.6) is 0 Å². The average Bonchev–Trinajstić information content (AvgIpc) is 3.89. The number of pyridine rings is 2. The van der Waals surface area contributed by atoms with E-state index in [1.165, 1.54) is 27.7 Å². The standard InChI is InChI=1S/C54H69FN8O12/c1-8-54(73)34-25-39-47-32(27-63(39)49(69)33(34)28-74-51(54)71)45-36(19-18-31-30(4)35(55)26-37(59-47)44(31)45)58-40(64)17-14-24-61(38(48(56)68)15-11-12-22-57-52(72)75-53(5,6)7)50(70)46(29(2)3)60-41(65)16-10-9-13-23-62-42(66)20-21-43(62)67/h20-21,25-26,29,36,38,46,73H,8-19,22-24,27-28H2,1-7H3,(H2,56,68)(H,57,72)(H,58,64)(H,60,65)/t36-,38-,46-,54-/m0/s1. The van der Waals surface area contributed by atoms with E-state index in [0.717, 1.165) is 10.5 Å². The van der Waals surface area contributed by atoms with E-state index in [1.54, 1.807) is 54.5 Å². The number of benzene rings is 1. The van der Waals surface area contributed by atoms with Gasteiger partial charge in [0.25, 0.3) is 17.4 Å². The Balaban J connectivity index is 1.09. The molecular formula is C54H69FN8O12. The van der Waals surface area contributed by atoms with Gasteiger partial charge in [-0.05, 0) is 114 Å². The van der Waals surface area contributed by atoms with Crippen LogP contribution in [0, 0.1) is 18.7 Å². The first kappa shape index (κ1) is 55.7. The van der Waals surface area contributed by atoms with Gasteiger partial charge in [0, 0.05) is 67.2 Å². The number of carbonyl (C=O) groups is 8. The molecule has 404 valence electrons. The number of esters is 1. The zero-order chi connectivity index (χ0) is 54.7. The molecule has 0 unspecified atom stereocenters. The van der Waals surface area contributed by atoms with Gasteiger partial charge in [0.2, 0.25) is 23.6 Å². The van der Waals surface area contributed by atoms with Crippen LogP contribution in [0.1, 0.15) is 152 Å². The number of hydrogen-bond acceptors (Lipinski definition) is 13. The number of nitrogens with two attached hydrogens (primary N) is 1. The van der Waals surface area contributed by atoms with Crippen molar-refractivity contribution in [1.82, 2.24) is 35.3 Å². The molecule has 5 heterocycles. The van der Waals surface area contributed by atoms with Gasteiger partial charge in [-0.15, -0.1) is 0 Å². The summed E-state index contributed by atoms with van der Waals surface area (Å²) < 4.78 is 27.6. The molecule has 2 aromatic heterocycles. The maximum Gasteiger partial charge on any atom is 0.407 e. The number of cyclic esters (lactones) is 1. The highest BCUT2D eigenvalue weighted by Crippen LogP contribution is 2.46. The molecule has 1 aromatic carbocycles. The second-order valence-electron chi connectivity index (χ2n) is 21.2. The second-order valence-corrected chi connectivity index (χ2v) is 21.2. The maximum absolute atomic E-state index is 15.6. The van der Waals surface area contributed by atoms with E-state index in [0.29, 0.717) is 83.9 Å². The first-order valence-corrected chi connectivity index (χ1v) is 26.0. The quantitative estimate of drug-likeness (QED) is 0.0415. The zero-order valence-corrected chi connectivity index (χ0v) is 43.8. The summed E-state index contributed by atoms with van der Waals surface area (Å²) in [5, 5.41) is 20.8. The highest BCUT2D eigenvalue weighted by molar-refractivity contribution is 6.12. The normalized spacial score (nSPS) is 18.3. The predicted octanol–water partition coefficient (Wildman–Crippen LogP) is 4.41. The van der Waals surface area contributed by atoms with E-state index in [4.69, 9.17) is 20.2 Å². The number of aromatic nitrogens is 2. The number of amides is 7. The Morgan fingerprint density at radius 2 is 1.68 bits per heavy atom. The second kappa shape index (κ2) is 22.8. The van der Waals surface area contributed by atoms with Crippen molar-refractivity contribution < 1.29 is 57.3 Å². The summed E-state index contributed by atoms with van der Waals surface area (Å²) in [5.74, 6) is -4.72. The van der Waals surface area contributed by atoms with Crippen molar-refractivity contribution in [2.75, 3.05) is 19.6 Å². The molecule has 0 saturated carbocycles. The van der Waals surface area contributed by atoms with Gasteiger partial charge in [-0.3, -0.25) is 38.5 Å². The summed E-state index contributed by atoms with van der Waals surface area (Å²) in [5.41, 5.74) is 6.52. The van der Waals surface area contributed by atoms with E-state index < -0.39 is 82.3 Å². The van der Waals surface area contributed by atoms with E-state index in [2.05, 4.69) is 16.0 Å². The molecule has 1 aliphatic carbocycles. The van der Waals surface area contributed by atoms with Gasteiger partial charge in [0.15, 0.2) is 5.60 Å². The van der Waals surface area contributed by atoms with Crippen LogP contribution in [0.2, 0.25) is 0 Å². The number of primary amides is 1. The number of unbranched alkanes of at least 4 members (excludes halogenated alkanes) is 3. The molecule has 7 amide bonds. The molecule has 20 nitrogen and oxygen atoms in total. The first-order chi connectivity index (χ1) is 35.4. The van der Waals surface area contributed by atoms with Gasteiger partial charge in [0.1, 0.15) is 30.1 Å². The highest BCUT2D eigenvalue weighted by atomic mass is 19.1. The number of aliphatic hydroxyl groups is 1. The maximum atomic E-state index is 15.6. The number of nitrogens with zero attached hydrogens (tertiary/aromatic N) is 4. The molecule has 3 aliphatic heterocycles. The molecule has 3 aromatic rings. The third-order valence-electron chi connectivity index (χ3n) is 14.5. The monoisotopic (exact) mass is 1040 g/mol. The minimum Gasteiger partial charge on any atom is -0.458 e. The number of aryl methyl sites for hydroxylation is 1. The lowest BCUT2D eigenvalue weighted by Gasteiger charge is -2.34. The number of halogens is 1. The number of nitrogens with one attached hydrogen (secondary N) is 3. The van der Waals surface area contributed by atoms with Crippen molar-refractivity contribution in [2.45, 2.75) is 168 Å². The fourth-order valence-electron chi connectivity index (χ4n) is 10.5. The van der Waals surface area contributed by atoms with Gasteiger partial charge >= 0.3 is 12.1 Å². The molecule has 4 atom stereocenters. The lowest BCUT2D eigenvalue weighted by atomic mass is 9.81. The van der Waals surface area contributed by atoms with Crippen LogP contribution in [0.25, 0.3) is 22.3 Å². The van der Waals surface area contributed by atoms with E-state index >= 15 is 4.39 Å². The summed E-state index contributed by atoms with van der Waals surface area (Å²) in [4.78, 5) is 126. The van der Waals surface area contributed by atoms with Crippen molar-refractivity contribution in [3.05, 3.63) is 73.8 Å². The Morgan fingerprint density at radius 3 is 2.35 bits per heavy atom. The summed E-state index contributed by atoms with van der Waals surface area (Å²) in [6, 6.07) is 0.0545. The van der Waals surface area contributed by atoms with Crippen molar-refractivity contribution in [3.8, 4) is 11.4 Å². The highest BCUT2D eigenvalue weighted by Gasteiger charge is 2.46. The summed E-state index contributed by atoms with van der Waals surface area (Å²) in [6.45, 7) is 12.1. The van der Waals surface area contributed by atoms with Crippen molar-refractivity contribution >= 4 is 58.4 Å². The number of carbonyl (C=O) groups excluding carboxylic acids is 8. The summed E-state index contributed by atoms with van der Waals surface area (Å²) in [7, 11) is 0. The lowest BCUT2D eigenvalue weighted by molar-refractivity contribution is -0.172. The van der Waals surface area contributed by atoms with Gasteiger partial charge in [-0.1, -0.05) is 27.2 Å². The SMILES string of the molecule is CC[C@@]1(O)C(=O)OCc2c1cc1n(c2=O)Cc2c-1nc1cc(F)c(C)c3c1c2[C@@H](NC(=O)CCCN(C(=O)[C@@H](NC(=O)CCCCCN1C(=O)C=CC1=O)C(C)C)[C@@H](CCCCNC(=O)OC(C)(C)C)C(N)=O)CC3. The molecule has 0 bridgehead atoms. The Kier molecular flexibility index (Phi) is 17.0. The van der Waals surface area contributed by atoms with Crippen LogP contribution in [0.15, 0.2) is 29.1 Å². The first-order valence-electron chi connectivity index (χ1n) is 26.0. The van der Waals surface area contributed by atoms with Gasteiger partial charge in [0.05, 0.1) is 35.1 Å². The fourth-order valence-corrected chi connectivity index (χ4v) is 10.5. The molecule has 0 spiro atoms. The van der Waals surface area contributed by atoms with Gasteiger partial charge in [-0.25, -0.2) is 19.0 Å². The van der Waals surface area contributed by atoms with Crippen LogP contribution in [-0.2, 0) is 68.2 Å². The Labute approximate surface area is 434 Å². The van der Waals surface area contributed by atoms with Gasteiger partial charge in [-0.2, -0.15) is 0 Å². The Hall–Kier alpha value is -7.03. The molecule has 21 heteroatoms. The predicted molar refractivity (Wildman–Crippen MR) is 272 cm³/mol. The average molecular weight is 1040 g/mol. The number of imide groups is 1. The molecule has 0 fully saturated rings.